The first kappa shape index (κ1) is 36.4. The Morgan fingerprint density at radius 1 is 0.266 bits per heavy atom. The molecule has 2 aliphatic rings. The topological polar surface area (TPSA) is 3.24 Å². The van der Waals surface area contributed by atoms with Crippen molar-refractivity contribution in [3.8, 4) is 55.6 Å². The van der Waals surface area contributed by atoms with Gasteiger partial charge in [0.1, 0.15) is 0 Å². The summed E-state index contributed by atoms with van der Waals surface area (Å²) in [7, 11) is 0. The monoisotopic (exact) mass is 811 g/mol. The molecule has 64 heavy (non-hydrogen) atoms. The second-order valence-corrected chi connectivity index (χ2v) is 17.1. The predicted octanol–water partition coefficient (Wildman–Crippen LogP) is 16.8. The Labute approximate surface area is 373 Å². The van der Waals surface area contributed by atoms with E-state index in [4.69, 9.17) is 0 Å². The van der Waals surface area contributed by atoms with Crippen LogP contribution in [0, 0.1) is 0 Å². The minimum atomic E-state index is -0.641. The number of nitrogens with zero attached hydrogens (tertiary/aromatic N) is 1. The van der Waals surface area contributed by atoms with Crippen molar-refractivity contribution in [3.05, 3.63) is 271 Å². The van der Waals surface area contributed by atoms with E-state index in [1.807, 2.05) is 0 Å². The molecule has 0 N–H and O–H groups in total. The highest BCUT2D eigenvalue weighted by Gasteiger charge is 2.48. The number of anilines is 3. The molecule has 0 bridgehead atoms. The number of hydrogen-bond acceptors (Lipinski definition) is 1. The van der Waals surface area contributed by atoms with Gasteiger partial charge in [-0.25, -0.2) is 0 Å². The van der Waals surface area contributed by atoms with Crippen LogP contribution < -0.4 is 4.90 Å². The summed E-state index contributed by atoms with van der Waals surface area (Å²) >= 11 is 0. The van der Waals surface area contributed by atoms with E-state index in [1.54, 1.807) is 0 Å². The Balaban J connectivity index is 1.19. The average molecular weight is 812 g/mol. The second-order valence-electron chi connectivity index (χ2n) is 17.1. The fourth-order valence-corrected chi connectivity index (χ4v) is 11.4. The number of para-hydroxylation sites is 2. The Morgan fingerprint density at radius 3 is 1.25 bits per heavy atom. The molecule has 11 aromatic carbocycles. The van der Waals surface area contributed by atoms with Crippen LogP contribution >= 0.6 is 0 Å². The lowest BCUT2D eigenvalue weighted by Crippen LogP contribution is -2.29. The predicted molar refractivity (Wildman–Crippen MR) is 269 cm³/mol. The van der Waals surface area contributed by atoms with E-state index in [0.29, 0.717) is 0 Å². The van der Waals surface area contributed by atoms with Crippen molar-refractivity contribution in [2.75, 3.05) is 4.90 Å². The van der Waals surface area contributed by atoms with Gasteiger partial charge in [-0.05, 0) is 142 Å². The molecule has 298 valence electrons. The Bertz CT molecular complexity index is 3480. The van der Waals surface area contributed by atoms with E-state index >= 15 is 0 Å². The normalized spacial score (nSPS) is 12.8. The van der Waals surface area contributed by atoms with Crippen LogP contribution in [0.4, 0.5) is 17.1 Å². The van der Waals surface area contributed by atoms with Crippen molar-refractivity contribution in [1.29, 1.82) is 0 Å². The van der Waals surface area contributed by atoms with Gasteiger partial charge in [-0.15, -0.1) is 0 Å². The molecule has 13 rings (SSSR count). The van der Waals surface area contributed by atoms with E-state index < -0.39 is 5.41 Å². The lowest BCUT2D eigenvalue weighted by atomic mass is 9.67. The average Bonchev–Trinajstić information content (AvgIpc) is 3.86. The summed E-state index contributed by atoms with van der Waals surface area (Å²) in [6.45, 7) is 0. The minimum absolute atomic E-state index is 0.641. The van der Waals surface area contributed by atoms with Gasteiger partial charge in [0.05, 0.1) is 5.41 Å². The fraction of sp³-hybridized carbons (Fsp3) is 0.0159. The highest BCUT2D eigenvalue weighted by Crippen LogP contribution is 2.64. The van der Waals surface area contributed by atoms with Crippen LogP contribution in [0.3, 0.4) is 0 Å². The molecule has 11 aromatic rings. The number of hydrogen-bond donors (Lipinski definition) is 0. The third-order valence-corrected chi connectivity index (χ3v) is 13.8. The lowest BCUT2D eigenvalue weighted by Gasteiger charge is -2.35. The molecular formula is C63H41N. The van der Waals surface area contributed by atoms with E-state index in [2.05, 4.69) is 254 Å². The molecule has 0 aliphatic heterocycles. The van der Waals surface area contributed by atoms with Crippen LogP contribution in [0.2, 0.25) is 0 Å². The third-order valence-electron chi connectivity index (χ3n) is 13.8. The van der Waals surface area contributed by atoms with Crippen LogP contribution in [0.25, 0.3) is 77.2 Å². The molecule has 0 unspecified atom stereocenters. The zero-order valence-corrected chi connectivity index (χ0v) is 35.1. The summed E-state index contributed by atoms with van der Waals surface area (Å²) in [6, 6.07) is 92.1. The molecule has 1 nitrogen and oxygen atoms in total. The molecule has 0 saturated carbocycles. The summed E-state index contributed by atoms with van der Waals surface area (Å²) in [4.78, 5) is 2.40. The van der Waals surface area contributed by atoms with Gasteiger partial charge in [-0.3, -0.25) is 0 Å². The summed E-state index contributed by atoms with van der Waals surface area (Å²) in [6.07, 6.45) is 0. The van der Waals surface area contributed by atoms with Crippen molar-refractivity contribution < 1.29 is 0 Å². The van der Waals surface area contributed by atoms with Gasteiger partial charge in [0, 0.05) is 17.1 Å². The molecule has 1 heteroatoms. The molecule has 0 fully saturated rings. The Hall–Kier alpha value is -8.26. The Kier molecular flexibility index (Phi) is 8.20. The number of fused-ring (bicyclic) bond motifs is 8. The SMILES string of the molecule is c1ccc(-c2c3c(c(-c4ccccc4)c4ccccc24)-c2cc4c(c5cccc-3c25)-c2ccc(N(c3ccccc3)c3ccccc3)cc2C4(c2ccccc2)c2ccccc2)cc1. The molecule has 0 aromatic heterocycles. The van der Waals surface area contributed by atoms with Crippen molar-refractivity contribution in [2.24, 2.45) is 0 Å². The van der Waals surface area contributed by atoms with Gasteiger partial charge in [0.2, 0.25) is 0 Å². The summed E-state index contributed by atoms with van der Waals surface area (Å²) in [5.74, 6) is 0. The second kappa shape index (κ2) is 14.4. The number of rotatable bonds is 7. The number of benzene rings is 11. The Morgan fingerprint density at radius 2 is 0.719 bits per heavy atom. The van der Waals surface area contributed by atoms with Crippen molar-refractivity contribution >= 4 is 38.6 Å². The van der Waals surface area contributed by atoms with Gasteiger partial charge in [0.15, 0.2) is 0 Å². The zero-order valence-electron chi connectivity index (χ0n) is 35.1. The minimum Gasteiger partial charge on any atom is -0.310 e. The molecule has 0 atom stereocenters. The molecule has 2 aliphatic carbocycles. The van der Waals surface area contributed by atoms with Gasteiger partial charge in [-0.1, -0.05) is 206 Å². The van der Waals surface area contributed by atoms with Gasteiger partial charge < -0.3 is 4.90 Å². The zero-order chi connectivity index (χ0) is 42.2. The van der Waals surface area contributed by atoms with E-state index in [0.717, 1.165) is 17.1 Å². The van der Waals surface area contributed by atoms with E-state index in [-0.39, 0.29) is 0 Å². The smallest absolute Gasteiger partial charge is 0.0714 e. The highest BCUT2D eigenvalue weighted by molar-refractivity contribution is 6.29. The summed E-state index contributed by atoms with van der Waals surface area (Å²) in [5, 5.41) is 5.14. The largest absolute Gasteiger partial charge is 0.310 e. The van der Waals surface area contributed by atoms with Crippen molar-refractivity contribution in [3.63, 3.8) is 0 Å². The van der Waals surface area contributed by atoms with Gasteiger partial charge >= 0.3 is 0 Å². The maximum Gasteiger partial charge on any atom is 0.0714 e. The van der Waals surface area contributed by atoms with Crippen molar-refractivity contribution in [1.82, 2.24) is 0 Å². The maximum absolute atomic E-state index is 2.61. The molecule has 0 saturated heterocycles. The quantitative estimate of drug-likeness (QED) is 0.155. The van der Waals surface area contributed by atoms with Crippen LogP contribution in [0.15, 0.2) is 249 Å². The third kappa shape index (κ3) is 5.19. The molecule has 0 radical (unpaired) electrons. The van der Waals surface area contributed by atoms with Gasteiger partial charge in [-0.2, -0.15) is 0 Å². The van der Waals surface area contributed by atoms with Crippen LogP contribution in [0.5, 0.6) is 0 Å². The lowest BCUT2D eigenvalue weighted by molar-refractivity contribution is 0.769. The van der Waals surface area contributed by atoms with Crippen LogP contribution in [-0.4, -0.2) is 0 Å². The first-order chi connectivity index (χ1) is 31.8. The first-order valence-electron chi connectivity index (χ1n) is 22.3. The summed E-state index contributed by atoms with van der Waals surface area (Å²) < 4.78 is 0. The highest BCUT2D eigenvalue weighted by atomic mass is 15.1. The molecule has 0 amide bonds. The molecule has 0 spiro atoms. The summed E-state index contributed by atoms with van der Waals surface area (Å²) in [5.41, 5.74) is 20.6. The van der Waals surface area contributed by atoms with Crippen molar-refractivity contribution in [2.45, 2.75) is 5.41 Å². The molecular weight excluding hydrogens is 771 g/mol. The fourth-order valence-electron chi connectivity index (χ4n) is 11.4. The molecule has 0 heterocycles. The standard InChI is InChI=1S/C63H41N/c1-7-22-42(23-8-1)57-49-34-19-20-35-50(49)58(43-24-9-2-10-25-43)62-54-41-56-60(52-36-21-37-53(59(52)54)61(57)62)51-39-38-48(64(46-30-15-5-16-31-46)47-32-17-6-18-33-47)40-55(51)63(56,44-26-11-3-12-27-44)45-28-13-4-14-29-45/h1-41H. The van der Waals surface area contributed by atoms with Crippen LogP contribution in [-0.2, 0) is 5.41 Å². The van der Waals surface area contributed by atoms with E-state index in [1.165, 1.54) is 99.4 Å². The van der Waals surface area contributed by atoms with E-state index in [9.17, 15) is 0 Å². The maximum atomic E-state index is 2.61. The first-order valence-corrected chi connectivity index (χ1v) is 22.3. The van der Waals surface area contributed by atoms with Crippen LogP contribution in [0.1, 0.15) is 22.3 Å². The van der Waals surface area contributed by atoms with Gasteiger partial charge in [0.25, 0.3) is 0 Å².